The van der Waals surface area contributed by atoms with Crippen LogP contribution >= 0.6 is 0 Å². The van der Waals surface area contributed by atoms with Crippen molar-refractivity contribution in [1.29, 1.82) is 0 Å². The summed E-state index contributed by atoms with van der Waals surface area (Å²) in [5, 5.41) is 0. The molecule has 31 heavy (non-hydrogen) atoms. The maximum absolute atomic E-state index is 12.8. The molecule has 0 spiro atoms. The first-order valence-electron chi connectivity index (χ1n) is 10.6. The molecule has 0 bridgehead atoms. The molecule has 3 aromatic rings. The fourth-order valence-electron chi connectivity index (χ4n) is 3.74. The highest BCUT2D eigenvalue weighted by Crippen LogP contribution is 2.41. The van der Waals surface area contributed by atoms with E-state index < -0.39 is 11.9 Å². The standard InChI is InChI=1S/C27H28O4/c1-5-20(6-2)23-17-18(3)24(30-26(28)21-13-9-7-10-14-21)25(19(23)4)31-27(29)22-15-11-8-12-16-22/h7-17,20H,5-6H2,1-4H3. The van der Waals surface area contributed by atoms with Crippen LogP contribution in [0.2, 0.25) is 0 Å². The SMILES string of the molecule is CCC(CC)c1cc(C)c(OC(=O)c2ccccc2)c(OC(=O)c2ccccc2)c1C. The quantitative estimate of drug-likeness (QED) is 0.320. The monoisotopic (exact) mass is 416 g/mol. The smallest absolute Gasteiger partial charge is 0.343 e. The van der Waals surface area contributed by atoms with Gasteiger partial charge in [0.2, 0.25) is 0 Å². The highest BCUT2D eigenvalue weighted by Gasteiger charge is 2.24. The van der Waals surface area contributed by atoms with Crippen molar-refractivity contribution in [3.63, 3.8) is 0 Å². The predicted octanol–water partition coefficient (Wildman–Crippen LogP) is 6.65. The van der Waals surface area contributed by atoms with Gasteiger partial charge in [-0.3, -0.25) is 0 Å². The first-order valence-corrected chi connectivity index (χ1v) is 10.6. The molecule has 3 aromatic carbocycles. The highest BCUT2D eigenvalue weighted by atomic mass is 16.6. The molecule has 0 fully saturated rings. The maximum Gasteiger partial charge on any atom is 0.343 e. The van der Waals surface area contributed by atoms with Crippen LogP contribution in [0.1, 0.15) is 70.0 Å². The zero-order valence-electron chi connectivity index (χ0n) is 18.5. The largest absolute Gasteiger partial charge is 0.419 e. The third-order valence-corrected chi connectivity index (χ3v) is 5.54. The molecule has 0 saturated heterocycles. The van der Waals surface area contributed by atoms with Crippen LogP contribution in [0.5, 0.6) is 11.5 Å². The van der Waals surface area contributed by atoms with E-state index in [1.165, 1.54) is 0 Å². The minimum Gasteiger partial charge on any atom is -0.419 e. The lowest BCUT2D eigenvalue weighted by atomic mass is 9.88. The van der Waals surface area contributed by atoms with Crippen LogP contribution in [0.25, 0.3) is 0 Å². The lowest BCUT2D eigenvalue weighted by Crippen LogP contribution is -2.15. The Balaban J connectivity index is 2.06. The molecule has 0 unspecified atom stereocenters. The summed E-state index contributed by atoms with van der Waals surface area (Å²) in [6, 6.07) is 19.6. The molecule has 0 N–H and O–H groups in total. The van der Waals surface area contributed by atoms with E-state index in [2.05, 4.69) is 13.8 Å². The predicted molar refractivity (Wildman–Crippen MR) is 122 cm³/mol. The number of rotatable bonds is 7. The van der Waals surface area contributed by atoms with Crippen molar-refractivity contribution in [2.24, 2.45) is 0 Å². The van der Waals surface area contributed by atoms with Gasteiger partial charge in [-0.1, -0.05) is 56.3 Å². The van der Waals surface area contributed by atoms with Gasteiger partial charge in [-0.25, -0.2) is 9.59 Å². The van der Waals surface area contributed by atoms with Crippen LogP contribution in [0.4, 0.5) is 0 Å². The van der Waals surface area contributed by atoms with Crippen molar-refractivity contribution in [2.75, 3.05) is 0 Å². The lowest BCUT2D eigenvalue weighted by Gasteiger charge is -2.22. The van der Waals surface area contributed by atoms with Gasteiger partial charge in [0.15, 0.2) is 11.5 Å². The van der Waals surface area contributed by atoms with Crippen molar-refractivity contribution in [2.45, 2.75) is 46.5 Å². The normalized spacial score (nSPS) is 10.7. The molecule has 0 aromatic heterocycles. The highest BCUT2D eigenvalue weighted by molar-refractivity contribution is 5.93. The van der Waals surface area contributed by atoms with Crippen molar-refractivity contribution in [3.05, 3.63) is 94.5 Å². The summed E-state index contributed by atoms with van der Waals surface area (Å²) in [6.07, 6.45) is 1.93. The summed E-state index contributed by atoms with van der Waals surface area (Å²) in [7, 11) is 0. The second kappa shape index (κ2) is 10.1. The molecule has 0 heterocycles. The average Bonchev–Trinajstić information content (AvgIpc) is 2.80. The number of hydrogen-bond donors (Lipinski definition) is 0. The van der Waals surface area contributed by atoms with Crippen molar-refractivity contribution in [1.82, 2.24) is 0 Å². The van der Waals surface area contributed by atoms with E-state index in [1.807, 2.05) is 32.0 Å². The fourth-order valence-corrected chi connectivity index (χ4v) is 3.74. The van der Waals surface area contributed by atoms with Crippen LogP contribution in [-0.4, -0.2) is 11.9 Å². The van der Waals surface area contributed by atoms with Crippen LogP contribution in [0.3, 0.4) is 0 Å². The van der Waals surface area contributed by atoms with Gasteiger partial charge in [-0.05, 0) is 73.6 Å². The van der Waals surface area contributed by atoms with E-state index in [0.717, 1.165) is 29.5 Å². The van der Waals surface area contributed by atoms with Crippen LogP contribution in [0, 0.1) is 13.8 Å². The van der Waals surface area contributed by atoms with Crippen LogP contribution in [0.15, 0.2) is 66.7 Å². The summed E-state index contributed by atoms with van der Waals surface area (Å²) in [5.74, 6) is -0.0608. The van der Waals surface area contributed by atoms with Gasteiger partial charge >= 0.3 is 11.9 Å². The van der Waals surface area contributed by atoms with E-state index >= 15 is 0 Å². The van der Waals surface area contributed by atoms with Gasteiger partial charge in [0.05, 0.1) is 11.1 Å². The summed E-state index contributed by atoms with van der Waals surface area (Å²) < 4.78 is 11.6. The lowest BCUT2D eigenvalue weighted by molar-refractivity contribution is 0.0680. The Morgan fingerprint density at radius 2 is 1.19 bits per heavy atom. The minimum absolute atomic E-state index is 0.283. The van der Waals surface area contributed by atoms with E-state index in [1.54, 1.807) is 48.5 Å². The molecule has 3 rings (SSSR count). The third kappa shape index (κ3) is 5.02. The molecule has 4 nitrogen and oxygen atoms in total. The Hall–Kier alpha value is -3.40. The fraction of sp³-hybridized carbons (Fsp3) is 0.259. The van der Waals surface area contributed by atoms with Gasteiger partial charge in [0, 0.05) is 0 Å². The number of aryl methyl sites for hydroxylation is 1. The van der Waals surface area contributed by atoms with Gasteiger partial charge in [0.1, 0.15) is 0 Å². The molecule has 0 amide bonds. The van der Waals surface area contributed by atoms with Crippen LogP contribution in [-0.2, 0) is 0 Å². The van der Waals surface area contributed by atoms with Crippen molar-refractivity contribution < 1.29 is 19.1 Å². The maximum atomic E-state index is 12.8. The van der Waals surface area contributed by atoms with Gasteiger partial charge in [-0.2, -0.15) is 0 Å². The van der Waals surface area contributed by atoms with Gasteiger partial charge in [0.25, 0.3) is 0 Å². The molecule has 0 saturated carbocycles. The zero-order valence-corrected chi connectivity index (χ0v) is 18.5. The molecule has 160 valence electrons. The summed E-state index contributed by atoms with van der Waals surface area (Å²) in [5.41, 5.74) is 3.56. The summed E-state index contributed by atoms with van der Waals surface area (Å²) in [4.78, 5) is 25.6. The Labute approximate surface area is 183 Å². The minimum atomic E-state index is -0.490. The Kier molecular flexibility index (Phi) is 7.24. The van der Waals surface area contributed by atoms with Crippen LogP contribution < -0.4 is 9.47 Å². The number of esters is 2. The zero-order chi connectivity index (χ0) is 22.4. The van der Waals surface area contributed by atoms with Gasteiger partial charge < -0.3 is 9.47 Å². The first-order chi connectivity index (χ1) is 15.0. The molecule has 0 radical (unpaired) electrons. The Bertz CT molecular complexity index is 1050. The van der Waals surface area contributed by atoms with Crippen molar-refractivity contribution >= 4 is 11.9 Å². The number of hydrogen-bond acceptors (Lipinski definition) is 4. The van der Waals surface area contributed by atoms with E-state index in [4.69, 9.17) is 9.47 Å². The molecule has 4 heteroatoms. The Morgan fingerprint density at radius 1 is 0.742 bits per heavy atom. The number of ether oxygens (including phenoxy) is 2. The van der Waals surface area contributed by atoms with E-state index in [0.29, 0.717) is 22.8 Å². The molecule has 0 aliphatic rings. The number of carbonyl (C=O) groups excluding carboxylic acids is 2. The van der Waals surface area contributed by atoms with E-state index in [-0.39, 0.29) is 5.75 Å². The van der Waals surface area contributed by atoms with E-state index in [9.17, 15) is 9.59 Å². The summed E-state index contributed by atoms with van der Waals surface area (Å²) in [6.45, 7) is 8.07. The molecule has 0 aliphatic heterocycles. The number of benzene rings is 3. The topological polar surface area (TPSA) is 52.6 Å². The Morgan fingerprint density at radius 3 is 1.65 bits per heavy atom. The van der Waals surface area contributed by atoms with Gasteiger partial charge in [-0.15, -0.1) is 0 Å². The second-order valence-electron chi connectivity index (χ2n) is 7.59. The second-order valence-corrected chi connectivity index (χ2v) is 7.59. The first kappa shape index (κ1) is 22.3. The summed E-state index contributed by atoms with van der Waals surface area (Å²) >= 11 is 0. The molecule has 0 aliphatic carbocycles. The molecular weight excluding hydrogens is 388 g/mol. The van der Waals surface area contributed by atoms with Crippen molar-refractivity contribution in [3.8, 4) is 11.5 Å². The molecule has 0 atom stereocenters. The average molecular weight is 417 g/mol. The number of carbonyl (C=O) groups is 2. The molecular formula is C27H28O4. The third-order valence-electron chi connectivity index (χ3n) is 5.54.